The molecule has 0 aliphatic rings. The Morgan fingerprint density at radius 1 is 1.32 bits per heavy atom. The summed E-state index contributed by atoms with van der Waals surface area (Å²) in [6, 6.07) is 8.53. The molecule has 0 aliphatic carbocycles. The summed E-state index contributed by atoms with van der Waals surface area (Å²) in [4.78, 5) is 4.61. The number of thiophene rings is 1. The lowest BCUT2D eigenvalue weighted by molar-refractivity contribution is 0.689. The van der Waals surface area contributed by atoms with Gasteiger partial charge in [-0.1, -0.05) is 6.07 Å². The second-order valence-electron chi connectivity index (χ2n) is 4.69. The average Bonchev–Trinajstić information content (AvgIpc) is 3.03. The van der Waals surface area contributed by atoms with E-state index < -0.39 is 0 Å². The number of fused-ring (bicyclic) bond motifs is 1. The summed E-state index contributed by atoms with van der Waals surface area (Å²) in [5, 5.41) is 4.32. The second-order valence-corrected chi connectivity index (χ2v) is 5.73. The molecular weight excluding hydrogens is 276 g/mol. The summed E-state index contributed by atoms with van der Waals surface area (Å²) in [6.45, 7) is 3.04. The third kappa shape index (κ3) is 2.53. The Morgan fingerprint density at radius 3 is 2.95 bits per heavy atom. The first kappa shape index (κ1) is 12.7. The van der Waals surface area contributed by atoms with Crippen LogP contribution < -0.4 is 0 Å². The van der Waals surface area contributed by atoms with E-state index in [1.807, 2.05) is 0 Å². The van der Waals surface area contributed by atoms with E-state index in [9.17, 15) is 0 Å². The van der Waals surface area contributed by atoms with E-state index in [2.05, 4.69) is 51.5 Å². The van der Waals surface area contributed by atoms with E-state index in [0.717, 1.165) is 24.3 Å². The maximum atomic E-state index is 6.02. The molecule has 3 aromatic rings. The van der Waals surface area contributed by atoms with Crippen LogP contribution in [0.15, 0.2) is 35.0 Å². The van der Waals surface area contributed by atoms with Crippen LogP contribution in [0.1, 0.15) is 17.0 Å². The van der Waals surface area contributed by atoms with Gasteiger partial charge in [-0.3, -0.25) is 0 Å². The highest BCUT2D eigenvalue weighted by molar-refractivity contribution is 7.07. The molecule has 1 aromatic carbocycles. The summed E-state index contributed by atoms with van der Waals surface area (Å²) in [6.07, 6.45) is 1.02. The molecule has 0 bridgehead atoms. The van der Waals surface area contributed by atoms with Crippen molar-refractivity contribution in [2.45, 2.75) is 25.8 Å². The second kappa shape index (κ2) is 5.35. The average molecular weight is 291 g/mol. The fourth-order valence-corrected chi connectivity index (χ4v) is 3.22. The lowest BCUT2D eigenvalue weighted by atomic mass is 10.2. The maximum absolute atomic E-state index is 6.02. The van der Waals surface area contributed by atoms with Crippen LogP contribution in [0.5, 0.6) is 0 Å². The Balaban J connectivity index is 1.97. The Labute approximate surface area is 121 Å². The first-order valence-electron chi connectivity index (χ1n) is 6.31. The smallest absolute Gasteiger partial charge is 0.124 e. The number of benzene rings is 1. The van der Waals surface area contributed by atoms with E-state index in [1.54, 1.807) is 11.3 Å². The number of alkyl halides is 1. The van der Waals surface area contributed by atoms with Gasteiger partial charge in [0, 0.05) is 6.54 Å². The van der Waals surface area contributed by atoms with E-state index in [1.165, 1.54) is 16.6 Å². The van der Waals surface area contributed by atoms with Crippen LogP contribution in [0.25, 0.3) is 11.0 Å². The van der Waals surface area contributed by atoms with Crippen LogP contribution in [0.4, 0.5) is 0 Å². The van der Waals surface area contributed by atoms with Crippen molar-refractivity contribution in [3.63, 3.8) is 0 Å². The highest BCUT2D eigenvalue weighted by atomic mass is 35.5. The minimum absolute atomic E-state index is 0.456. The summed E-state index contributed by atoms with van der Waals surface area (Å²) in [5.74, 6) is 1.41. The molecule has 0 amide bonds. The lowest BCUT2D eigenvalue weighted by Gasteiger charge is -2.07. The molecule has 2 aromatic heterocycles. The Bertz CT molecular complexity index is 686. The van der Waals surface area contributed by atoms with Gasteiger partial charge >= 0.3 is 0 Å². The van der Waals surface area contributed by atoms with E-state index in [-0.39, 0.29) is 0 Å². The van der Waals surface area contributed by atoms with Gasteiger partial charge in [0.2, 0.25) is 0 Å². The zero-order valence-corrected chi connectivity index (χ0v) is 12.3. The number of aryl methyl sites for hydroxylation is 3. The molecule has 0 atom stereocenters. The molecule has 0 N–H and O–H groups in total. The Kier molecular flexibility index (Phi) is 3.58. The molecule has 0 fully saturated rings. The van der Waals surface area contributed by atoms with Crippen molar-refractivity contribution in [1.29, 1.82) is 0 Å². The zero-order valence-electron chi connectivity index (χ0n) is 10.8. The number of rotatable bonds is 4. The van der Waals surface area contributed by atoms with E-state index >= 15 is 0 Å². The maximum Gasteiger partial charge on any atom is 0.124 e. The monoisotopic (exact) mass is 290 g/mol. The van der Waals surface area contributed by atoms with Crippen molar-refractivity contribution in [2.75, 3.05) is 0 Å². The standard InChI is InChI=1S/C15H15ClN2S/c1-11-2-3-13-14(8-11)18(15(9-16)17-13)6-4-12-5-7-19-10-12/h2-3,5,7-8,10H,4,6,9H2,1H3. The number of aromatic nitrogens is 2. The topological polar surface area (TPSA) is 17.8 Å². The zero-order chi connectivity index (χ0) is 13.2. The van der Waals surface area contributed by atoms with Crippen molar-refractivity contribution < 1.29 is 0 Å². The van der Waals surface area contributed by atoms with Gasteiger partial charge in [-0.15, -0.1) is 11.6 Å². The summed E-state index contributed by atoms with van der Waals surface area (Å²) in [7, 11) is 0. The molecule has 2 nitrogen and oxygen atoms in total. The molecule has 0 saturated carbocycles. The summed E-state index contributed by atoms with van der Waals surface area (Å²) in [5.41, 5.74) is 4.85. The van der Waals surface area contributed by atoms with Gasteiger partial charge in [0.1, 0.15) is 5.82 Å². The first-order valence-corrected chi connectivity index (χ1v) is 7.78. The quantitative estimate of drug-likeness (QED) is 0.652. The van der Waals surface area contributed by atoms with Crippen LogP contribution in [-0.4, -0.2) is 9.55 Å². The molecule has 4 heteroatoms. The van der Waals surface area contributed by atoms with Crippen LogP contribution in [0.3, 0.4) is 0 Å². The van der Waals surface area contributed by atoms with Gasteiger partial charge in [-0.05, 0) is 53.4 Å². The highest BCUT2D eigenvalue weighted by Gasteiger charge is 2.10. The lowest BCUT2D eigenvalue weighted by Crippen LogP contribution is -2.04. The van der Waals surface area contributed by atoms with E-state index in [4.69, 9.17) is 11.6 Å². The van der Waals surface area contributed by atoms with Gasteiger partial charge < -0.3 is 4.57 Å². The number of halogens is 1. The minimum atomic E-state index is 0.456. The molecule has 3 rings (SSSR count). The van der Waals surface area contributed by atoms with Gasteiger partial charge in [0.15, 0.2) is 0 Å². The fraction of sp³-hybridized carbons (Fsp3) is 0.267. The van der Waals surface area contributed by atoms with E-state index in [0.29, 0.717) is 5.88 Å². The van der Waals surface area contributed by atoms with Crippen molar-refractivity contribution in [3.05, 3.63) is 52.0 Å². The SMILES string of the molecule is Cc1ccc2nc(CCl)n(CCc3ccsc3)c2c1. The third-order valence-electron chi connectivity index (χ3n) is 3.31. The van der Waals surface area contributed by atoms with Gasteiger partial charge in [0.25, 0.3) is 0 Å². The molecule has 2 heterocycles. The van der Waals surface area contributed by atoms with Crippen molar-refractivity contribution in [2.24, 2.45) is 0 Å². The number of nitrogens with zero attached hydrogens (tertiary/aromatic N) is 2. The molecule has 98 valence electrons. The normalized spacial score (nSPS) is 11.3. The predicted molar refractivity (Wildman–Crippen MR) is 82.1 cm³/mol. The van der Waals surface area contributed by atoms with Gasteiger partial charge in [-0.2, -0.15) is 11.3 Å². The largest absolute Gasteiger partial charge is 0.327 e. The fourth-order valence-electron chi connectivity index (χ4n) is 2.31. The van der Waals surface area contributed by atoms with Crippen molar-refractivity contribution >= 4 is 34.0 Å². The molecule has 0 spiro atoms. The van der Waals surface area contributed by atoms with Crippen LogP contribution in [0, 0.1) is 6.92 Å². The Morgan fingerprint density at radius 2 is 2.21 bits per heavy atom. The van der Waals surface area contributed by atoms with Gasteiger partial charge in [0.05, 0.1) is 16.9 Å². The third-order valence-corrected chi connectivity index (χ3v) is 4.28. The predicted octanol–water partition coefficient (Wildman–Crippen LogP) is 4.39. The molecule has 19 heavy (non-hydrogen) atoms. The minimum Gasteiger partial charge on any atom is -0.327 e. The molecular formula is C15H15ClN2S. The first-order chi connectivity index (χ1) is 9.28. The van der Waals surface area contributed by atoms with Crippen LogP contribution >= 0.6 is 22.9 Å². The molecule has 0 radical (unpaired) electrons. The summed E-state index contributed by atoms with van der Waals surface area (Å²) >= 11 is 7.76. The van der Waals surface area contributed by atoms with Crippen LogP contribution in [-0.2, 0) is 18.8 Å². The van der Waals surface area contributed by atoms with Crippen molar-refractivity contribution in [1.82, 2.24) is 9.55 Å². The highest BCUT2D eigenvalue weighted by Crippen LogP contribution is 2.20. The van der Waals surface area contributed by atoms with Crippen molar-refractivity contribution in [3.8, 4) is 0 Å². The number of hydrogen-bond acceptors (Lipinski definition) is 2. The van der Waals surface area contributed by atoms with Gasteiger partial charge in [-0.25, -0.2) is 4.98 Å². The molecule has 0 aliphatic heterocycles. The Hall–Kier alpha value is -1.32. The summed E-state index contributed by atoms with van der Waals surface area (Å²) < 4.78 is 2.24. The number of hydrogen-bond donors (Lipinski definition) is 0. The number of imidazole rings is 1. The molecule has 0 saturated heterocycles. The van der Waals surface area contributed by atoms with Crippen LogP contribution in [0.2, 0.25) is 0 Å². The molecule has 0 unspecified atom stereocenters.